The van der Waals surface area contributed by atoms with Gasteiger partial charge in [0.05, 0.1) is 0 Å². The summed E-state index contributed by atoms with van der Waals surface area (Å²) in [5.74, 6) is 0. The largest absolute Gasteiger partial charge is 0.394 e. The number of hydrogen-bond acceptors (Lipinski definition) is 3. The van der Waals surface area contributed by atoms with Crippen LogP contribution in [-0.2, 0) is 10.4 Å². The minimum atomic E-state index is -4.67. The monoisotopic (exact) mass is 155 g/mol. The van der Waals surface area contributed by atoms with Gasteiger partial charge in [-0.05, 0) is 0 Å². The Hall–Kier alpha value is -0.423. The Morgan fingerprint density at radius 2 is 1.50 bits per heavy atom. The molecule has 0 saturated heterocycles. The summed E-state index contributed by atoms with van der Waals surface area (Å²) < 4.78 is 31.6. The van der Waals surface area contributed by atoms with Gasteiger partial charge in [0.15, 0.2) is 0 Å². The van der Waals surface area contributed by atoms with Crippen molar-refractivity contribution in [1.82, 2.24) is 0 Å². The van der Waals surface area contributed by atoms with Gasteiger partial charge in [-0.3, -0.25) is 9.11 Å². The lowest BCUT2D eigenvalue weighted by molar-refractivity contribution is 0.381. The molecule has 0 aromatic heterocycles. The maximum absolute atomic E-state index is 8.74. The van der Waals surface area contributed by atoms with Gasteiger partial charge in [-0.2, -0.15) is 8.42 Å². The molecule has 0 saturated carbocycles. The molecule has 0 rings (SSSR count). The highest BCUT2D eigenvalue weighted by Crippen LogP contribution is 1.59. The molecule has 0 aliphatic carbocycles. The van der Waals surface area contributed by atoms with Crippen molar-refractivity contribution in [3.63, 3.8) is 0 Å². The molecule has 0 fully saturated rings. The van der Waals surface area contributed by atoms with E-state index in [0.717, 1.165) is 0 Å². The summed E-state index contributed by atoms with van der Waals surface area (Å²) in [5.41, 5.74) is 1.89. The van der Waals surface area contributed by atoms with E-state index in [0.29, 0.717) is 10.2 Å². The normalized spacial score (nSPS) is 8.62. The second-order valence-corrected chi connectivity index (χ2v) is 2.01. The second kappa shape index (κ2) is 4.73. The Morgan fingerprint density at radius 3 is 1.50 bits per heavy atom. The summed E-state index contributed by atoms with van der Waals surface area (Å²) >= 11 is 0. The fraction of sp³-hybridized carbons (Fsp3) is 0. The molecular formula is CH5NO4SSi. The van der Waals surface area contributed by atoms with Crippen LogP contribution in [0.2, 0.25) is 0 Å². The minimum absolute atomic E-state index is 0.674. The molecular weight excluding hydrogens is 150 g/mol. The van der Waals surface area contributed by atoms with Crippen LogP contribution in [0, 0.1) is 11.0 Å². The molecule has 0 aliphatic heterocycles. The van der Waals surface area contributed by atoms with Crippen LogP contribution in [0.4, 0.5) is 0 Å². The van der Waals surface area contributed by atoms with Crippen LogP contribution in [0.3, 0.4) is 0 Å². The maximum atomic E-state index is 8.74. The van der Waals surface area contributed by atoms with E-state index in [2.05, 4.69) is 0 Å². The van der Waals surface area contributed by atoms with Gasteiger partial charge < -0.3 is 0 Å². The average molecular weight is 155 g/mol. The van der Waals surface area contributed by atoms with Gasteiger partial charge in [0.25, 0.3) is 0 Å². The van der Waals surface area contributed by atoms with Crippen molar-refractivity contribution in [2.45, 2.75) is 0 Å². The van der Waals surface area contributed by atoms with E-state index < -0.39 is 10.4 Å². The molecule has 0 heterocycles. The van der Waals surface area contributed by atoms with Gasteiger partial charge >= 0.3 is 10.4 Å². The zero-order valence-electron chi connectivity index (χ0n) is 4.07. The van der Waals surface area contributed by atoms with Crippen molar-refractivity contribution in [1.29, 1.82) is 5.26 Å². The van der Waals surface area contributed by atoms with E-state index in [1.165, 1.54) is 0 Å². The zero-order valence-corrected chi connectivity index (χ0v) is 6.88. The number of hydrogen-bond donors (Lipinski definition) is 2. The third-order valence-corrected chi connectivity index (χ3v) is 0. The van der Waals surface area contributed by atoms with Gasteiger partial charge in [0.1, 0.15) is 10.2 Å². The molecule has 0 aromatic carbocycles. The molecule has 0 amide bonds. The first kappa shape index (κ1) is 10.5. The van der Waals surface area contributed by atoms with Gasteiger partial charge in [0.2, 0.25) is 0 Å². The third kappa shape index (κ3) is 653. The van der Waals surface area contributed by atoms with E-state index in [9.17, 15) is 0 Å². The van der Waals surface area contributed by atoms with Crippen molar-refractivity contribution in [2.24, 2.45) is 0 Å². The highest BCUT2D eigenvalue weighted by atomic mass is 32.3. The third-order valence-electron chi connectivity index (χ3n) is 0. The molecule has 5 nitrogen and oxygen atoms in total. The minimum Gasteiger partial charge on any atom is -0.264 e. The Bertz CT molecular complexity index is 157. The van der Waals surface area contributed by atoms with Gasteiger partial charge in [-0.15, -0.1) is 0 Å². The maximum Gasteiger partial charge on any atom is 0.394 e. The Kier molecular flexibility index (Phi) is 6.23. The van der Waals surface area contributed by atoms with Crippen LogP contribution in [0.15, 0.2) is 0 Å². The summed E-state index contributed by atoms with van der Waals surface area (Å²) in [6.07, 6.45) is 0. The molecule has 48 valence electrons. The Balaban J connectivity index is 0. The van der Waals surface area contributed by atoms with Crippen molar-refractivity contribution in [3.05, 3.63) is 0 Å². The number of nitriles is 1. The highest BCUT2D eigenvalue weighted by Gasteiger charge is 1.84. The Morgan fingerprint density at radius 1 is 1.50 bits per heavy atom. The lowest BCUT2D eigenvalue weighted by Crippen LogP contribution is -1.89. The van der Waals surface area contributed by atoms with Crippen molar-refractivity contribution in [3.8, 4) is 5.69 Å². The molecule has 0 aromatic rings. The smallest absolute Gasteiger partial charge is 0.264 e. The molecule has 0 radical (unpaired) electrons. The average Bonchev–Trinajstić information content (AvgIpc) is 1.27. The van der Waals surface area contributed by atoms with E-state index in [4.69, 9.17) is 22.8 Å². The summed E-state index contributed by atoms with van der Waals surface area (Å²) in [6, 6.07) is 0. The van der Waals surface area contributed by atoms with Crippen molar-refractivity contribution in [2.75, 3.05) is 0 Å². The highest BCUT2D eigenvalue weighted by molar-refractivity contribution is 7.79. The van der Waals surface area contributed by atoms with Crippen LogP contribution in [0.1, 0.15) is 0 Å². The van der Waals surface area contributed by atoms with Crippen molar-refractivity contribution >= 4 is 20.6 Å². The van der Waals surface area contributed by atoms with E-state index in [1.54, 1.807) is 0 Å². The quantitative estimate of drug-likeness (QED) is 0.317. The van der Waals surface area contributed by atoms with Crippen LogP contribution in [-0.4, -0.2) is 27.8 Å². The molecule has 0 bridgehead atoms. The molecule has 7 heteroatoms. The van der Waals surface area contributed by atoms with Gasteiger partial charge in [-0.25, -0.2) is 5.26 Å². The first-order valence-electron chi connectivity index (χ1n) is 1.42. The predicted octanol–water partition coefficient (Wildman–Crippen LogP) is -1.82. The lowest BCUT2D eigenvalue weighted by atomic mass is 11.8. The van der Waals surface area contributed by atoms with E-state index in [1.807, 2.05) is 5.69 Å². The topological polar surface area (TPSA) is 98.4 Å². The molecule has 0 unspecified atom stereocenters. The van der Waals surface area contributed by atoms with Gasteiger partial charge in [0, 0.05) is 5.69 Å². The fourth-order valence-electron chi connectivity index (χ4n) is 0. The first-order chi connectivity index (χ1) is 3.41. The summed E-state index contributed by atoms with van der Waals surface area (Å²) in [4.78, 5) is 0. The van der Waals surface area contributed by atoms with Crippen LogP contribution >= 0.6 is 0 Å². The SMILES string of the molecule is N#C[SiH3].O=S(=O)(O)O. The summed E-state index contributed by atoms with van der Waals surface area (Å²) in [6.45, 7) is 0. The molecule has 8 heavy (non-hydrogen) atoms. The number of nitrogens with zero attached hydrogens (tertiary/aromatic N) is 1. The lowest BCUT2D eigenvalue weighted by Gasteiger charge is -1.68. The molecule has 0 atom stereocenters. The second-order valence-electron chi connectivity index (χ2n) is 0.671. The fourth-order valence-corrected chi connectivity index (χ4v) is 0. The molecule has 0 aliphatic rings. The standard InChI is InChI=1S/CH3NSi.H2O4S/c2-1-3;1-5(2,3)4/h3H3;(H2,1,2,3,4). The zero-order chi connectivity index (χ0) is 7.21. The molecule has 2 N–H and O–H groups in total. The van der Waals surface area contributed by atoms with Crippen LogP contribution < -0.4 is 0 Å². The van der Waals surface area contributed by atoms with Crippen LogP contribution in [0.5, 0.6) is 0 Å². The van der Waals surface area contributed by atoms with E-state index >= 15 is 0 Å². The Labute approximate surface area is 49.9 Å². The predicted molar refractivity (Wildman–Crippen MR) is 29.7 cm³/mol. The number of rotatable bonds is 0. The van der Waals surface area contributed by atoms with E-state index in [-0.39, 0.29) is 0 Å². The van der Waals surface area contributed by atoms with Crippen molar-refractivity contribution < 1.29 is 17.5 Å². The molecule has 0 spiro atoms. The van der Waals surface area contributed by atoms with Crippen LogP contribution in [0.25, 0.3) is 0 Å². The first-order valence-corrected chi connectivity index (χ1v) is 3.82. The summed E-state index contributed by atoms with van der Waals surface area (Å²) in [7, 11) is -3.99. The summed E-state index contributed by atoms with van der Waals surface area (Å²) in [5, 5.41) is 7.38. The van der Waals surface area contributed by atoms with Gasteiger partial charge in [-0.1, -0.05) is 0 Å².